The monoisotopic (exact) mass is 527 g/mol. The average molecular weight is 528 g/mol. The van der Waals surface area contributed by atoms with E-state index in [2.05, 4.69) is 10.6 Å². The van der Waals surface area contributed by atoms with Gasteiger partial charge in [-0.25, -0.2) is 4.79 Å². The molecule has 1 fully saturated rings. The summed E-state index contributed by atoms with van der Waals surface area (Å²) in [6, 6.07) is 16.8. The number of thioether (sulfide) groups is 1. The summed E-state index contributed by atoms with van der Waals surface area (Å²) in [7, 11) is 0. The topological polar surface area (TPSA) is 108 Å². The number of nitrogens with zero attached hydrogens (tertiary/aromatic N) is 1. The SMILES string of the molecule is CC(C)(C)NC(=O)[C@H]1N(C(=O)[C@@H](O)[C@H](Cc2ccccc2)NC(=O)OCc2ccccc2)CSC1(C)C. The number of benzene rings is 2. The third kappa shape index (κ3) is 7.97. The number of aliphatic hydroxyl groups excluding tert-OH is 1. The molecule has 3 N–H and O–H groups in total. The lowest BCUT2D eigenvalue weighted by atomic mass is 9.96. The molecule has 9 heteroatoms. The zero-order valence-electron chi connectivity index (χ0n) is 22.1. The molecular formula is C28H37N3O5S. The van der Waals surface area contributed by atoms with E-state index >= 15 is 0 Å². The van der Waals surface area contributed by atoms with Crippen LogP contribution in [0.15, 0.2) is 60.7 Å². The Morgan fingerprint density at radius 2 is 1.62 bits per heavy atom. The van der Waals surface area contributed by atoms with Crippen molar-refractivity contribution in [1.82, 2.24) is 15.5 Å². The molecule has 2 aromatic carbocycles. The summed E-state index contributed by atoms with van der Waals surface area (Å²) in [5.41, 5.74) is 1.17. The predicted octanol–water partition coefficient (Wildman–Crippen LogP) is 3.48. The maximum Gasteiger partial charge on any atom is 0.407 e. The fourth-order valence-corrected chi connectivity index (χ4v) is 5.36. The maximum atomic E-state index is 13.6. The molecule has 0 saturated carbocycles. The van der Waals surface area contributed by atoms with Crippen LogP contribution < -0.4 is 10.6 Å². The normalized spacial score (nSPS) is 18.5. The van der Waals surface area contributed by atoms with Gasteiger partial charge < -0.3 is 25.4 Å². The molecule has 3 rings (SSSR count). The lowest BCUT2D eigenvalue weighted by molar-refractivity contribution is -0.147. The van der Waals surface area contributed by atoms with Gasteiger partial charge in [-0.2, -0.15) is 0 Å². The number of aliphatic hydroxyl groups is 1. The van der Waals surface area contributed by atoms with Gasteiger partial charge in [0.2, 0.25) is 5.91 Å². The van der Waals surface area contributed by atoms with E-state index in [1.807, 2.05) is 95.3 Å². The van der Waals surface area contributed by atoms with Crippen LogP contribution in [0.1, 0.15) is 45.7 Å². The second-order valence-corrected chi connectivity index (χ2v) is 12.4. The molecule has 1 heterocycles. The Labute approximate surface area is 223 Å². The van der Waals surface area contributed by atoms with Crippen LogP contribution in [0.3, 0.4) is 0 Å². The van der Waals surface area contributed by atoms with Crippen LogP contribution in [-0.2, 0) is 27.4 Å². The average Bonchev–Trinajstić information content (AvgIpc) is 3.16. The highest BCUT2D eigenvalue weighted by atomic mass is 32.2. The fraction of sp³-hybridized carbons (Fsp3) is 0.464. The van der Waals surface area contributed by atoms with Crippen molar-refractivity contribution in [3.63, 3.8) is 0 Å². The number of hydrogen-bond donors (Lipinski definition) is 3. The fourth-order valence-electron chi connectivity index (χ4n) is 4.22. The Morgan fingerprint density at radius 1 is 1.05 bits per heavy atom. The first-order valence-corrected chi connectivity index (χ1v) is 13.3. The van der Waals surface area contributed by atoms with Crippen molar-refractivity contribution in [2.75, 3.05) is 5.88 Å². The van der Waals surface area contributed by atoms with Gasteiger partial charge in [-0.15, -0.1) is 11.8 Å². The van der Waals surface area contributed by atoms with Gasteiger partial charge in [0.1, 0.15) is 12.6 Å². The molecule has 200 valence electrons. The molecule has 0 bridgehead atoms. The summed E-state index contributed by atoms with van der Waals surface area (Å²) in [6.45, 7) is 9.50. The zero-order chi connectivity index (χ0) is 27.2. The number of amides is 3. The molecule has 1 aliphatic heterocycles. The van der Waals surface area contributed by atoms with E-state index in [1.165, 1.54) is 16.7 Å². The minimum Gasteiger partial charge on any atom is -0.445 e. The van der Waals surface area contributed by atoms with Crippen molar-refractivity contribution in [3.8, 4) is 0 Å². The van der Waals surface area contributed by atoms with E-state index in [1.54, 1.807) is 0 Å². The molecule has 0 spiro atoms. The van der Waals surface area contributed by atoms with Crippen molar-refractivity contribution in [2.24, 2.45) is 0 Å². The first-order valence-electron chi connectivity index (χ1n) is 12.3. The lowest BCUT2D eigenvalue weighted by Crippen LogP contribution is -2.60. The number of rotatable bonds is 8. The van der Waals surface area contributed by atoms with Gasteiger partial charge in [0.15, 0.2) is 6.10 Å². The second kappa shape index (κ2) is 12.0. The number of hydrogen-bond acceptors (Lipinski definition) is 6. The summed E-state index contributed by atoms with van der Waals surface area (Å²) in [5, 5.41) is 16.9. The van der Waals surface area contributed by atoms with E-state index in [4.69, 9.17) is 4.74 Å². The van der Waals surface area contributed by atoms with Gasteiger partial charge in [-0.1, -0.05) is 60.7 Å². The summed E-state index contributed by atoms with van der Waals surface area (Å²) in [6.07, 6.45) is -2.11. The van der Waals surface area contributed by atoms with Crippen LogP contribution in [0.25, 0.3) is 0 Å². The number of ether oxygens (including phenoxy) is 1. The van der Waals surface area contributed by atoms with Gasteiger partial charge in [0.25, 0.3) is 5.91 Å². The molecule has 37 heavy (non-hydrogen) atoms. The standard InChI is InChI=1S/C28H37N3O5S/c1-27(2,3)30-24(33)23-28(4,5)37-18-31(23)25(34)22(32)21(16-19-12-8-6-9-13-19)29-26(35)36-17-20-14-10-7-11-15-20/h6-15,21-23,32H,16-18H2,1-5H3,(H,29,35)(H,30,33)/t21-,22-,23+/m0/s1. The Bertz CT molecular complexity index is 1070. The number of nitrogens with one attached hydrogen (secondary N) is 2. The van der Waals surface area contributed by atoms with Crippen LogP contribution in [0, 0.1) is 0 Å². The first kappa shape index (κ1) is 28.5. The van der Waals surface area contributed by atoms with Crippen molar-refractivity contribution in [3.05, 3.63) is 71.8 Å². The molecule has 3 atom stereocenters. The van der Waals surface area contributed by atoms with Crippen LogP contribution >= 0.6 is 11.8 Å². The Kier molecular flexibility index (Phi) is 9.26. The van der Waals surface area contributed by atoms with E-state index in [0.29, 0.717) is 0 Å². The van der Waals surface area contributed by atoms with Gasteiger partial charge >= 0.3 is 6.09 Å². The Morgan fingerprint density at radius 3 is 2.19 bits per heavy atom. The molecule has 8 nitrogen and oxygen atoms in total. The Balaban J connectivity index is 1.77. The Hall–Kier alpha value is -3.04. The van der Waals surface area contributed by atoms with Crippen molar-refractivity contribution in [1.29, 1.82) is 0 Å². The van der Waals surface area contributed by atoms with E-state index in [-0.39, 0.29) is 24.8 Å². The van der Waals surface area contributed by atoms with Crippen LogP contribution in [-0.4, -0.2) is 62.3 Å². The van der Waals surface area contributed by atoms with E-state index in [9.17, 15) is 19.5 Å². The summed E-state index contributed by atoms with van der Waals surface area (Å²) < 4.78 is 4.79. The second-order valence-electron chi connectivity index (χ2n) is 10.8. The molecule has 0 aromatic heterocycles. The third-order valence-electron chi connectivity index (χ3n) is 6.02. The highest BCUT2D eigenvalue weighted by Crippen LogP contribution is 2.40. The molecule has 1 saturated heterocycles. The summed E-state index contributed by atoms with van der Waals surface area (Å²) in [4.78, 5) is 40.8. The van der Waals surface area contributed by atoms with Gasteiger partial charge in [-0.05, 0) is 52.2 Å². The van der Waals surface area contributed by atoms with Crippen LogP contribution in [0.2, 0.25) is 0 Å². The molecule has 0 aliphatic carbocycles. The van der Waals surface area contributed by atoms with Gasteiger partial charge in [-0.3, -0.25) is 9.59 Å². The molecule has 2 aromatic rings. The number of carbonyl (C=O) groups excluding carboxylic acids is 3. The summed E-state index contributed by atoms with van der Waals surface area (Å²) in [5.74, 6) is -0.643. The van der Waals surface area contributed by atoms with E-state index in [0.717, 1.165) is 11.1 Å². The molecule has 0 radical (unpaired) electrons. The highest BCUT2D eigenvalue weighted by Gasteiger charge is 2.50. The number of carbonyl (C=O) groups is 3. The third-order valence-corrected chi connectivity index (χ3v) is 7.40. The van der Waals surface area contributed by atoms with Crippen molar-refractivity contribution < 1.29 is 24.2 Å². The quantitative estimate of drug-likeness (QED) is 0.485. The van der Waals surface area contributed by atoms with Crippen molar-refractivity contribution >= 4 is 29.7 Å². The zero-order valence-corrected chi connectivity index (χ0v) is 22.9. The van der Waals surface area contributed by atoms with Gasteiger partial charge in [0.05, 0.1) is 11.9 Å². The smallest absolute Gasteiger partial charge is 0.407 e. The molecular weight excluding hydrogens is 490 g/mol. The number of alkyl carbamates (subject to hydrolysis) is 1. The summed E-state index contributed by atoms with van der Waals surface area (Å²) >= 11 is 1.47. The van der Waals surface area contributed by atoms with Crippen LogP contribution in [0.5, 0.6) is 0 Å². The predicted molar refractivity (Wildman–Crippen MR) is 145 cm³/mol. The molecule has 3 amide bonds. The largest absolute Gasteiger partial charge is 0.445 e. The van der Waals surface area contributed by atoms with Crippen molar-refractivity contribution in [2.45, 2.75) is 76.1 Å². The lowest BCUT2D eigenvalue weighted by Gasteiger charge is -2.35. The highest BCUT2D eigenvalue weighted by molar-refractivity contribution is 8.00. The molecule has 1 aliphatic rings. The minimum absolute atomic E-state index is 0.0563. The molecule has 0 unspecified atom stereocenters. The first-order chi connectivity index (χ1) is 17.4. The van der Waals surface area contributed by atoms with E-state index < -0.39 is 40.5 Å². The van der Waals surface area contributed by atoms with Gasteiger partial charge in [0, 0.05) is 10.3 Å². The maximum absolute atomic E-state index is 13.6. The minimum atomic E-state index is -1.58. The van der Waals surface area contributed by atoms with Crippen LogP contribution in [0.4, 0.5) is 4.79 Å².